The highest BCUT2D eigenvalue weighted by atomic mass is 16.5. The van der Waals surface area contributed by atoms with Crippen LogP contribution in [0.2, 0.25) is 0 Å². The Hall–Kier alpha value is -2.48. The van der Waals surface area contributed by atoms with Crippen molar-refractivity contribution >= 4 is 17.5 Å². The zero-order valence-corrected chi connectivity index (χ0v) is 13.9. The molecule has 124 valence electrons. The molecule has 8 nitrogen and oxygen atoms in total. The molecule has 2 aromatic heterocycles. The summed E-state index contributed by atoms with van der Waals surface area (Å²) < 4.78 is 4.99. The maximum absolute atomic E-state index is 12.2. The smallest absolute Gasteiger partial charge is 0.270 e. The van der Waals surface area contributed by atoms with Gasteiger partial charge in [0.1, 0.15) is 23.1 Å². The molecule has 0 aliphatic rings. The van der Waals surface area contributed by atoms with E-state index in [1.54, 1.807) is 26.0 Å². The molecule has 0 aliphatic heterocycles. The number of carbonyl (C=O) groups is 1. The molecule has 8 heteroatoms. The van der Waals surface area contributed by atoms with E-state index in [0.717, 1.165) is 13.0 Å². The minimum Gasteiger partial charge on any atom is -0.360 e. The number of aromatic nitrogens is 3. The van der Waals surface area contributed by atoms with Crippen molar-refractivity contribution in [1.82, 2.24) is 25.3 Å². The van der Waals surface area contributed by atoms with Crippen molar-refractivity contribution in [3.05, 3.63) is 29.4 Å². The number of hydrogen-bond acceptors (Lipinski definition) is 7. The molecule has 0 fully saturated rings. The maximum Gasteiger partial charge on any atom is 0.270 e. The average Bonchev–Trinajstić information content (AvgIpc) is 2.87. The number of anilines is 2. The number of nitrogens with one attached hydrogen (secondary N) is 2. The molecule has 2 aromatic rings. The normalized spacial score (nSPS) is 10.8. The highest BCUT2D eigenvalue weighted by molar-refractivity contribution is 5.93. The summed E-state index contributed by atoms with van der Waals surface area (Å²) in [5, 5.41) is 9.70. The maximum atomic E-state index is 12.2. The van der Waals surface area contributed by atoms with Crippen LogP contribution in [0.25, 0.3) is 0 Å². The molecule has 23 heavy (non-hydrogen) atoms. The quantitative estimate of drug-likeness (QED) is 0.747. The Morgan fingerprint density at radius 2 is 2.00 bits per heavy atom. The lowest BCUT2D eigenvalue weighted by molar-refractivity contribution is 0.0947. The minimum atomic E-state index is -0.214. The predicted molar refractivity (Wildman–Crippen MR) is 86.8 cm³/mol. The van der Waals surface area contributed by atoms with E-state index in [1.807, 2.05) is 14.1 Å². The average molecular weight is 318 g/mol. The molecule has 0 aliphatic carbocycles. The van der Waals surface area contributed by atoms with Crippen LogP contribution in [0.3, 0.4) is 0 Å². The Kier molecular flexibility index (Phi) is 5.64. The third-order valence-corrected chi connectivity index (χ3v) is 3.02. The van der Waals surface area contributed by atoms with Crippen LogP contribution in [-0.4, -0.2) is 53.1 Å². The Labute approximate surface area is 135 Å². The first kappa shape index (κ1) is 16.9. The van der Waals surface area contributed by atoms with Gasteiger partial charge in [-0.05, 0) is 40.9 Å². The van der Waals surface area contributed by atoms with Crippen LogP contribution in [-0.2, 0) is 0 Å². The Balaban J connectivity index is 2.00. The lowest BCUT2D eigenvalue weighted by Gasteiger charge is -2.10. The second-order valence-corrected chi connectivity index (χ2v) is 5.55. The van der Waals surface area contributed by atoms with E-state index in [4.69, 9.17) is 4.52 Å². The zero-order chi connectivity index (χ0) is 16.8. The molecule has 2 heterocycles. The molecule has 1 amide bonds. The summed E-state index contributed by atoms with van der Waals surface area (Å²) in [4.78, 5) is 22.7. The second kappa shape index (κ2) is 7.68. The van der Waals surface area contributed by atoms with E-state index in [1.165, 1.54) is 0 Å². The first-order valence-corrected chi connectivity index (χ1v) is 7.43. The number of aryl methyl sites for hydroxylation is 2. The topological polar surface area (TPSA) is 96.2 Å². The van der Waals surface area contributed by atoms with Gasteiger partial charge in [-0.25, -0.2) is 9.97 Å². The van der Waals surface area contributed by atoms with E-state index in [2.05, 4.69) is 30.7 Å². The molecule has 0 radical (unpaired) electrons. The Bertz CT molecular complexity index is 668. The molecule has 0 unspecified atom stereocenters. The molecule has 0 bridgehead atoms. The van der Waals surface area contributed by atoms with Gasteiger partial charge >= 0.3 is 0 Å². The monoisotopic (exact) mass is 318 g/mol. The van der Waals surface area contributed by atoms with Gasteiger partial charge in [0.05, 0.1) is 0 Å². The molecule has 0 saturated heterocycles. The van der Waals surface area contributed by atoms with Crippen LogP contribution in [0.4, 0.5) is 11.6 Å². The summed E-state index contributed by atoms with van der Waals surface area (Å²) in [7, 11) is 4.00. The van der Waals surface area contributed by atoms with Crippen molar-refractivity contribution in [3.8, 4) is 0 Å². The number of amides is 1. The van der Waals surface area contributed by atoms with Crippen molar-refractivity contribution in [1.29, 1.82) is 0 Å². The fourth-order valence-corrected chi connectivity index (χ4v) is 1.99. The van der Waals surface area contributed by atoms with Crippen molar-refractivity contribution in [3.63, 3.8) is 0 Å². The summed E-state index contributed by atoms with van der Waals surface area (Å²) in [6.45, 7) is 5.06. The standard InChI is InChI=1S/C15H22N6O2/c1-10-8-14(20-23-10)19-13-9-12(17-11(2)18-13)15(22)16-6-5-7-21(3)4/h8-9H,5-7H2,1-4H3,(H,16,22)(H,17,18,19,20). The van der Waals surface area contributed by atoms with Gasteiger partial charge in [-0.2, -0.15) is 0 Å². The fraction of sp³-hybridized carbons (Fsp3) is 0.467. The third-order valence-electron chi connectivity index (χ3n) is 3.02. The van der Waals surface area contributed by atoms with Crippen molar-refractivity contribution in [2.24, 2.45) is 0 Å². The number of rotatable bonds is 7. The summed E-state index contributed by atoms with van der Waals surface area (Å²) in [6.07, 6.45) is 0.881. The van der Waals surface area contributed by atoms with Crippen LogP contribution in [0, 0.1) is 13.8 Å². The summed E-state index contributed by atoms with van der Waals surface area (Å²) in [5.74, 6) is 2.03. The van der Waals surface area contributed by atoms with Gasteiger partial charge < -0.3 is 20.1 Å². The molecule has 2 rings (SSSR count). The van der Waals surface area contributed by atoms with Crippen LogP contribution in [0.15, 0.2) is 16.7 Å². The first-order valence-electron chi connectivity index (χ1n) is 7.43. The molecule has 2 N–H and O–H groups in total. The summed E-state index contributed by atoms with van der Waals surface area (Å²) in [5.41, 5.74) is 0.324. The number of carbonyl (C=O) groups excluding carboxylic acids is 1. The summed E-state index contributed by atoms with van der Waals surface area (Å²) in [6, 6.07) is 3.34. The van der Waals surface area contributed by atoms with Gasteiger partial charge in [0.25, 0.3) is 5.91 Å². The molecule has 0 spiro atoms. The van der Waals surface area contributed by atoms with Gasteiger partial charge in [0, 0.05) is 18.7 Å². The summed E-state index contributed by atoms with van der Waals surface area (Å²) >= 11 is 0. The SMILES string of the molecule is Cc1nc(Nc2cc(C)on2)cc(C(=O)NCCCN(C)C)n1. The highest BCUT2D eigenvalue weighted by Gasteiger charge is 2.11. The lowest BCUT2D eigenvalue weighted by atomic mass is 10.3. The van der Waals surface area contributed by atoms with Crippen LogP contribution >= 0.6 is 0 Å². The second-order valence-electron chi connectivity index (χ2n) is 5.55. The zero-order valence-electron chi connectivity index (χ0n) is 13.9. The van der Waals surface area contributed by atoms with Crippen LogP contribution in [0.1, 0.15) is 28.5 Å². The highest BCUT2D eigenvalue weighted by Crippen LogP contribution is 2.15. The minimum absolute atomic E-state index is 0.214. The van der Waals surface area contributed by atoms with E-state index >= 15 is 0 Å². The van der Waals surface area contributed by atoms with E-state index in [-0.39, 0.29) is 5.91 Å². The lowest BCUT2D eigenvalue weighted by Crippen LogP contribution is -2.28. The van der Waals surface area contributed by atoms with Gasteiger partial charge in [-0.15, -0.1) is 0 Å². The van der Waals surface area contributed by atoms with E-state index in [9.17, 15) is 4.79 Å². The van der Waals surface area contributed by atoms with Crippen molar-refractivity contribution in [2.45, 2.75) is 20.3 Å². The van der Waals surface area contributed by atoms with Gasteiger partial charge in [-0.1, -0.05) is 5.16 Å². The van der Waals surface area contributed by atoms with E-state index < -0.39 is 0 Å². The molecular weight excluding hydrogens is 296 g/mol. The molecule has 0 saturated carbocycles. The first-order chi connectivity index (χ1) is 10.9. The van der Waals surface area contributed by atoms with Crippen molar-refractivity contribution in [2.75, 3.05) is 32.5 Å². The number of nitrogens with zero attached hydrogens (tertiary/aromatic N) is 4. The molecule has 0 aromatic carbocycles. The molecular formula is C15H22N6O2. The Morgan fingerprint density at radius 1 is 1.22 bits per heavy atom. The van der Waals surface area contributed by atoms with Gasteiger partial charge in [0.15, 0.2) is 5.82 Å². The van der Waals surface area contributed by atoms with E-state index in [0.29, 0.717) is 35.5 Å². The Morgan fingerprint density at radius 3 is 2.65 bits per heavy atom. The predicted octanol–water partition coefficient (Wildman–Crippen LogP) is 1.51. The third kappa shape index (κ3) is 5.33. The van der Waals surface area contributed by atoms with Gasteiger partial charge in [-0.3, -0.25) is 4.79 Å². The fourth-order valence-electron chi connectivity index (χ4n) is 1.99. The van der Waals surface area contributed by atoms with Crippen LogP contribution < -0.4 is 10.6 Å². The largest absolute Gasteiger partial charge is 0.360 e. The van der Waals surface area contributed by atoms with Crippen LogP contribution in [0.5, 0.6) is 0 Å². The van der Waals surface area contributed by atoms with Crippen molar-refractivity contribution < 1.29 is 9.32 Å². The number of hydrogen-bond donors (Lipinski definition) is 2. The molecule has 0 atom stereocenters. The van der Waals surface area contributed by atoms with Gasteiger partial charge in [0.2, 0.25) is 0 Å².